The summed E-state index contributed by atoms with van der Waals surface area (Å²) in [5.41, 5.74) is 8.91. The van der Waals surface area contributed by atoms with E-state index in [1.54, 1.807) is 32.2 Å². The van der Waals surface area contributed by atoms with Gasteiger partial charge in [0.25, 0.3) is 5.56 Å². The molecule has 4 N–H and O–H groups in total. The van der Waals surface area contributed by atoms with Crippen molar-refractivity contribution >= 4 is 28.2 Å². The Balaban J connectivity index is 1.72. The average Bonchev–Trinajstić information content (AvgIpc) is 2.93. The van der Waals surface area contributed by atoms with E-state index in [0.717, 1.165) is 5.56 Å². The summed E-state index contributed by atoms with van der Waals surface area (Å²) in [6.45, 7) is 2.25. The van der Waals surface area contributed by atoms with E-state index in [0.29, 0.717) is 34.8 Å². The summed E-state index contributed by atoms with van der Waals surface area (Å²) < 4.78 is 14.5. The van der Waals surface area contributed by atoms with Crippen LogP contribution < -0.4 is 21.9 Å². The first-order chi connectivity index (χ1) is 18.4. The minimum absolute atomic E-state index is 0.0384. The minimum atomic E-state index is -1.43. The third kappa shape index (κ3) is 6.33. The van der Waals surface area contributed by atoms with Gasteiger partial charge in [0.1, 0.15) is 0 Å². The molecule has 0 saturated heterocycles. The quantitative estimate of drug-likeness (QED) is 0.287. The van der Waals surface area contributed by atoms with Crippen molar-refractivity contribution in [2.75, 3.05) is 24.6 Å². The van der Waals surface area contributed by atoms with Gasteiger partial charge in [0.15, 0.2) is 11.6 Å². The number of hydrogen-bond donors (Lipinski definition) is 3. The molecule has 0 saturated carbocycles. The third-order valence-electron chi connectivity index (χ3n) is 6.04. The van der Waals surface area contributed by atoms with Crippen LogP contribution in [-0.2, 0) is 34.2 Å². The highest BCUT2D eigenvalue weighted by atomic mass is 32.2. The summed E-state index contributed by atoms with van der Waals surface area (Å²) in [5, 5.41) is 5.71. The van der Waals surface area contributed by atoms with Crippen LogP contribution in [0.2, 0.25) is 0 Å². The lowest BCUT2D eigenvalue weighted by Crippen LogP contribution is -2.29. The number of nitrogens with zero attached hydrogens (tertiary/aromatic N) is 3. The number of carbonyl (C=O) groups is 1. The Morgan fingerprint density at radius 2 is 1.76 bits per heavy atom. The Kier molecular flexibility index (Phi) is 8.65. The van der Waals surface area contributed by atoms with E-state index in [2.05, 4.69) is 20.6 Å². The van der Waals surface area contributed by atoms with Gasteiger partial charge in [-0.3, -0.25) is 18.4 Å². The monoisotopic (exact) mass is 530 g/mol. The zero-order valence-corrected chi connectivity index (χ0v) is 22.1. The molecule has 0 spiro atoms. The van der Waals surface area contributed by atoms with Crippen LogP contribution in [0.5, 0.6) is 0 Å². The zero-order valence-electron chi connectivity index (χ0n) is 21.3. The van der Waals surface area contributed by atoms with Crippen LogP contribution in [0.1, 0.15) is 22.5 Å². The molecule has 1 unspecified atom stereocenters. The van der Waals surface area contributed by atoms with E-state index in [4.69, 9.17) is 5.73 Å². The third-order valence-corrected chi connectivity index (χ3v) is 7.39. The van der Waals surface area contributed by atoms with Gasteiger partial charge >= 0.3 is 0 Å². The highest BCUT2D eigenvalue weighted by molar-refractivity contribution is 7.84. The second kappa shape index (κ2) is 12.3. The Morgan fingerprint density at radius 3 is 2.45 bits per heavy atom. The number of likely N-dealkylation sites (N-methyl/N-ethyl adjacent to an activating group) is 1. The lowest BCUT2D eigenvalue weighted by molar-refractivity contribution is -0.119. The molecule has 9 nitrogen and oxygen atoms in total. The summed E-state index contributed by atoms with van der Waals surface area (Å²) >= 11 is 0. The van der Waals surface area contributed by atoms with Gasteiger partial charge in [-0.1, -0.05) is 48.5 Å². The smallest absolute Gasteiger partial charge is 0.299 e. The summed E-state index contributed by atoms with van der Waals surface area (Å²) in [6, 6.07) is 20.6. The number of amides is 1. The van der Waals surface area contributed by atoms with E-state index >= 15 is 0 Å². The maximum absolute atomic E-state index is 13.7. The summed E-state index contributed by atoms with van der Waals surface area (Å²) in [6.07, 6.45) is 2.35. The molecule has 2 aromatic heterocycles. The summed E-state index contributed by atoms with van der Waals surface area (Å²) in [4.78, 5) is 35.2. The van der Waals surface area contributed by atoms with Gasteiger partial charge in [0.05, 0.1) is 40.6 Å². The molecule has 38 heavy (non-hydrogen) atoms. The van der Waals surface area contributed by atoms with Crippen LogP contribution >= 0.6 is 0 Å². The highest BCUT2D eigenvalue weighted by Gasteiger charge is 2.19. The molecule has 10 heteroatoms. The molecular weight excluding hydrogens is 500 g/mol. The first-order valence-corrected chi connectivity index (χ1v) is 13.5. The number of carbonyl (C=O) groups excluding carboxylic acids is 1. The molecule has 0 aliphatic rings. The zero-order chi connectivity index (χ0) is 27.1. The van der Waals surface area contributed by atoms with E-state index in [9.17, 15) is 13.8 Å². The number of aryl methyl sites for hydroxylation is 1. The van der Waals surface area contributed by atoms with Crippen LogP contribution in [0.4, 0.5) is 11.5 Å². The van der Waals surface area contributed by atoms with E-state index in [1.807, 2.05) is 48.5 Å². The molecule has 4 aromatic rings. The summed E-state index contributed by atoms with van der Waals surface area (Å²) in [7, 11) is 0.130. The fraction of sp³-hybridized carbons (Fsp3) is 0.214. The van der Waals surface area contributed by atoms with Gasteiger partial charge in [-0.15, -0.1) is 0 Å². The van der Waals surface area contributed by atoms with Crippen molar-refractivity contribution in [3.63, 3.8) is 0 Å². The molecule has 4 rings (SSSR count). The van der Waals surface area contributed by atoms with Crippen molar-refractivity contribution < 1.29 is 9.00 Å². The van der Waals surface area contributed by atoms with E-state index in [-0.39, 0.29) is 35.4 Å². The molecule has 2 aromatic carbocycles. The van der Waals surface area contributed by atoms with Crippen molar-refractivity contribution in [3.8, 4) is 5.82 Å². The van der Waals surface area contributed by atoms with Gasteiger partial charge < -0.3 is 16.4 Å². The Labute approximate surface area is 223 Å². The number of nitrogen functional groups attached to an aromatic ring is 1. The standard InChI is InChI=1S/C28H30N6O3S/c1-19-21(16-25(35)30-2)15-24(29)27(33-19)34-22(18-38(37)23-11-7-4-8-12-23)17-32-26(28(34)36)31-14-13-20-9-5-3-6-10-20/h3-12,15,17H,13-14,16,18,29H2,1-2H3,(H,30,35)(H,31,32). The van der Waals surface area contributed by atoms with Gasteiger partial charge in [0, 0.05) is 24.2 Å². The van der Waals surface area contributed by atoms with Gasteiger partial charge in [0.2, 0.25) is 5.91 Å². The molecule has 0 aliphatic heterocycles. The number of rotatable bonds is 10. The Morgan fingerprint density at radius 1 is 1.08 bits per heavy atom. The van der Waals surface area contributed by atoms with Crippen LogP contribution in [0.15, 0.2) is 82.6 Å². The van der Waals surface area contributed by atoms with E-state index in [1.165, 1.54) is 10.8 Å². The van der Waals surface area contributed by atoms with Crippen LogP contribution in [-0.4, -0.2) is 38.2 Å². The number of nitrogens with one attached hydrogen (secondary N) is 2. The van der Waals surface area contributed by atoms with Crippen LogP contribution in [0.25, 0.3) is 5.82 Å². The SMILES string of the molecule is CNC(=O)Cc1cc(N)c(-n2c(CS(=O)c3ccccc3)cnc(NCCc3ccccc3)c2=O)nc1C. The lowest BCUT2D eigenvalue weighted by Gasteiger charge is -2.17. The highest BCUT2D eigenvalue weighted by Crippen LogP contribution is 2.22. The first kappa shape index (κ1) is 26.7. The fourth-order valence-corrected chi connectivity index (χ4v) is 5.07. The molecule has 0 bridgehead atoms. The van der Waals surface area contributed by atoms with Gasteiger partial charge in [-0.05, 0) is 42.7 Å². The predicted octanol–water partition coefficient (Wildman–Crippen LogP) is 2.77. The fourth-order valence-electron chi connectivity index (χ4n) is 3.97. The number of benzene rings is 2. The molecule has 0 fully saturated rings. The molecule has 0 radical (unpaired) electrons. The number of pyridine rings is 1. The number of hydrogen-bond acceptors (Lipinski definition) is 7. The number of anilines is 2. The Hall–Kier alpha value is -4.31. The van der Waals surface area contributed by atoms with Crippen molar-refractivity contribution in [2.24, 2.45) is 0 Å². The summed E-state index contributed by atoms with van der Waals surface area (Å²) in [5.74, 6) is 0.216. The first-order valence-electron chi connectivity index (χ1n) is 12.2. The van der Waals surface area contributed by atoms with Crippen molar-refractivity contribution in [1.82, 2.24) is 19.9 Å². The van der Waals surface area contributed by atoms with Crippen LogP contribution in [0, 0.1) is 6.92 Å². The number of nitrogens with two attached hydrogens (primary N) is 1. The average molecular weight is 531 g/mol. The van der Waals surface area contributed by atoms with E-state index < -0.39 is 16.4 Å². The normalized spacial score (nSPS) is 11.6. The van der Waals surface area contributed by atoms with Crippen molar-refractivity contribution in [3.05, 3.63) is 106 Å². The number of aromatic nitrogens is 3. The maximum atomic E-state index is 13.7. The van der Waals surface area contributed by atoms with Crippen molar-refractivity contribution in [1.29, 1.82) is 0 Å². The topological polar surface area (TPSA) is 132 Å². The van der Waals surface area contributed by atoms with Gasteiger partial charge in [-0.2, -0.15) is 0 Å². The molecule has 2 heterocycles. The second-order valence-corrected chi connectivity index (χ2v) is 10.2. The van der Waals surface area contributed by atoms with Crippen molar-refractivity contribution in [2.45, 2.75) is 30.4 Å². The van der Waals surface area contributed by atoms with Gasteiger partial charge in [-0.25, -0.2) is 9.97 Å². The maximum Gasteiger partial charge on any atom is 0.299 e. The molecule has 1 amide bonds. The predicted molar refractivity (Wildman–Crippen MR) is 150 cm³/mol. The largest absolute Gasteiger partial charge is 0.396 e. The molecule has 1 atom stereocenters. The second-order valence-electron chi connectivity index (χ2n) is 8.70. The molecule has 196 valence electrons. The lowest BCUT2D eigenvalue weighted by atomic mass is 10.1. The molecular formula is C28H30N6O3S. The Bertz CT molecular complexity index is 1510. The van der Waals surface area contributed by atoms with Crippen LogP contribution in [0.3, 0.4) is 0 Å². The molecule has 0 aliphatic carbocycles. The minimum Gasteiger partial charge on any atom is -0.396 e.